The summed E-state index contributed by atoms with van der Waals surface area (Å²) in [6.45, 7) is 4.36. The maximum atomic E-state index is 5.98. The maximum absolute atomic E-state index is 5.98. The van der Waals surface area contributed by atoms with Crippen molar-refractivity contribution in [2.45, 2.75) is 26.3 Å². The van der Waals surface area contributed by atoms with Gasteiger partial charge in [-0.05, 0) is 58.7 Å². The highest BCUT2D eigenvalue weighted by Gasteiger charge is 2.14. The lowest BCUT2D eigenvalue weighted by atomic mass is 9.98. The van der Waals surface area contributed by atoms with Crippen LogP contribution in [0.15, 0.2) is 18.2 Å². The van der Waals surface area contributed by atoms with Crippen molar-refractivity contribution in [1.29, 1.82) is 0 Å². The van der Waals surface area contributed by atoms with Gasteiger partial charge in [0, 0.05) is 14.6 Å². The van der Waals surface area contributed by atoms with E-state index in [-0.39, 0.29) is 6.04 Å². The fourth-order valence-corrected chi connectivity index (χ4v) is 2.43. The minimum absolute atomic E-state index is 0.176. The maximum Gasteiger partial charge on any atom is 0.0473 e. The molecule has 0 heterocycles. The van der Waals surface area contributed by atoms with Crippen LogP contribution in [0.2, 0.25) is 5.02 Å². The molecule has 84 valence electrons. The lowest BCUT2D eigenvalue weighted by molar-refractivity contribution is 0.437. The second kappa shape index (κ2) is 6.03. The molecule has 0 amide bonds. The summed E-state index contributed by atoms with van der Waals surface area (Å²) in [5.74, 6) is 6.17. The Labute approximate surface area is 110 Å². The number of halogens is 2. The molecule has 0 bridgehead atoms. The molecular formula is C11H16ClIN2. The number of nitrogens with one attached hydrogen (secondary N) is 1. The Morgan fingerprint density at radius 2 is 2.13 bits per heavy atom. The quantitative estimate of drug-likeness (QED) is 0.501. The number of hydrogen-bond donors (Lipinski definition) is 2. The van der Waals surface area contributed by atoms with Crippen molar-refractivity contribution in [1.82, 2.24) is 5.43 Å². The lowest BCUT2D eigenvalue weighted by Gasteiger charge is -2.20. The first-order valence-corrected chi connectivity index (χ1v) is 6.41. The zero-order chi connectivity index (χ0) is 11.4. The minimum Gasteiger partial charge on any atom is -0.271 e. The zero-order valence-electron chi connectivity index (χ0n) is 8.93. The van der Waals surface area contributed by atoms with E-state index < -0.39 is 0 Å². The molecule has 0 aliphatic rings. The van der Waals surface area contributed by atoms with Crippen LogP contribution < -0.4 is 11.3 Å². The second-order valence-corrected chi connectivity index (χ2v) is 5.61. The highest BCUT2D eigenvalue weighted by atomic mass is 127. The Morgan fingerprint density at radius 1 is 1.47 bits per heavy atom. The van der Waals surface area contributed by atoms with Gasteiger partial charge < -0.3 is 0 Å². The van der Waals surface area contributed by atoms with E-state index in [1.165, 1.54) is 9.13 Å². The summed E-state index contributed by atoms with van der Waals surface area (Å²) in [6, 6.07) is 6.07. The zero-order valence-corrected chi connectivity index (χ0v) is 11.8. The number of benzene rings is 1. The van der Waals surface area contributed by atoms with E-state index in [0.717, 1.165) is 11.4 Å². The summed E-state index contributed by atoms with van der Waals surface area (Å²) in [7, 11) is 0. The summed E-state index contributed by atoms with van der Waals surface area (Å²) in [5.41, 5.74) is 4.03. The van der Waals surface area contributed by atoms with E-state index in [9.17, 15) is 0 Å². The van der Waals surface area contributed by atoms with Crippen LogP contribution in [-0.2, 0) is 0 Å². The Balaban J connectivity index is 2.95. The first-order valence-electron chi connectivity index (χ1n) is 4.95. The van der Waals surface area contributed by atoms with Crippen LogP contribution in [0.5, 0.6) is 0 Å². The molecule has 0 spiro atoms. The molecule has 0 radical (unpaired) electrons. The van der Waals surface area contributed by atoms with Crippen molar-refractivity contribution < 1.29 is 0 Å². The third-order valence-corrected chi connectivity index (χ3v) is 3.46. The van der Waals surface area contributed by atoms with Crippen molar-refractivity contribution in [2.75, 3.05) is 0 Å². The summed E-state index contributed by atoms with van der Waals surface area (Å²) in [5, 5.41) is 0.759. The van der Waals surface area contributed by atoms with E-state index in [0.29, 0.717) is 5.92 Å². The van der Waals surface area contributed by atoms with Gasteiger partial charge in [-0.1, -0.05) is 25.4 Å². The summed E-state index contributed by atoms with van der Waals surface area (Å²) < 4.78 is 1.20. The van der Waals surface area contributed by atoms with Crippen LogP contribution in [0.4, 0.5) is 0 Å². The molecule has 0 saturated carbocycles. The van der Waals surface area contributed by atoms with Gasteiger partial charge in [-0.2, -0.15) is 0 Å². The highest BCUT2D eigenvalue weighted by molar-refractivity contribution is 14.1. The SMILES string of the molecule is CC(C)CC(NN)c1cc(Cl)ccc1I. The predicted molar refractivity (Wildman–Crippen MR) is 73.7 cm³/mol. The van der Waals surface area contributed by atoms with E-state index >= 15 is 0 Å². The Hall–Kier alpha value is 0.160. The van der Waals surface area contributed by atoms with Crippen LogP contribution in [0.1, 0.15) is 31.9 Å². The van der Waals surface area contributed by atoms with Gasteiger partial charge in [-0.3, -0.25) is 11.3 Å². The third kappa shape index (κ3) is 3.90. The largest absolute Gasteiger partial charge is 0.271 e. The normalized spacial score (nSPS) is 13.2. The molecule has 1 rings (SSSR count). The van der Waals surface area contributed by atoms with E-state index in [1.54, 1.807) is 0 Å². The van der Waals surface area contributed by atoms with Gasteiger partial charge in [0.25, 0.3) is 0 Å². The molecule has 2 nitrogen and oxygen atoms in total. The van der Waals surface area contributed by atoms with Gasteiger partial charge in [-0.25, -0.2) is 0 Å². The number of nitrogens with two attached hydrogens (primary N) is 1. The van der Waals surface area contributed by atoms with Gasteiger partial charge >= 0.3 is 0 Å². The van der Waals surface area contributed by atoms with Crippen molar-refractivity contribution in [2.24, 2.45) is 11.8 Å². The standard InChI is InChI=1S/C11H16ClIN2/c1-7(2)5-11(15-14)9-6-8(12)3-4-10(9)13/h3-4,6-7,11,15H,5,14H2,1-2H3. The van der Waals surface area contributed by atoms with Crippen molar-refractivity contribution in [3.8, 4) is 0 Å². The van der Waals surface area contributed by atoms with E-state index in [4.69, 9.17) is 17.4 Å². The van der Waals surface area contributed by atoms with Crippen LogP contribution in [0.3, 0.4) is 0 Å². The Kier molecular flexibility index (Phi) is 5.32. The second-order valence-electron chi connectivity index (χ2n) is 4.01. The molecule has 1 aromatic rings. The van der Waals surface area contributed by atoms with Crippen LogP contribution in [0.25, 0.3) is 0 Å². The molecule has 1 aromatic carbocycles. The van der Waals surface area contributed by atoms with Crippen molar-refractivity contribution in [3.63, 3.8) is 0 Å². The van der Waals surface area contributed by atoms with Crippen LogP contribution >= 0.6 is 34.2 Å². The van der Waals surface area contributed by atoms with Gasteiger partial charge in [0.2, 0.25) is 0 Å². The fraction of sp³-hybridized carbons (Fsp3) is 0.455. The topological polar surface area (TPSA) is 38.0 Å². The van der Waals surface area contributed by atoms with Gasteiger partial charge in [0.1, 0.15) is 0 Å². The molecule has 0 aliphatic heterocycles. The number of rotatable bonds is 4. The Morgan fingerprint density at radius 3 is 2.67 bits per heavy atom. The first kappa shape index (κ1) is 13.2. The molecule has 3 N–H and O–H groups in total. The van der Waals surface area contributed by atoms with Crippen molar-refractivity contribution in [3.05, 3.63) is 32.4 Å². The molecule has 0 aliphatic carbocycles. The van der Waals surface area contributed by atoms with Gasteiger partial charge in [0.05, 0.1) is 0 Å². The molecule has 0 fully saturated rings. The molecule has 1 unspecified atom stereocenters. The predicted octanol–water partition coefficient (Wildman–Crippen LogP) is 3.50. The van der Waals surface area contributed by atoms with Gasteiger partial charge in [-0.15, -0.1) is 0 Å². The van der Waals surface area contributed by atoms with Crippen LogP contribution in [0, 0.1) is 9.49 Å². The molecule has 1 atom stereocenters. The molecule has 4 heteroatoms. The molecule has 15 heavy (non-hydrogen) atoms. The van der Waals surface area contributed by atoms with E-state index in [1.807, 2.05) is 18.2 Å². The average Bonchev–Trinajstić information content (AvgIpc) is 2.18. The minimum atomic E-state index is 0.176. The van der Waals surface area contributed by atoms with E-state index in [2.05, 4.69) is 41.9 Å². The monoisotopic (exact) mass is 338 g/mol. The molecule has 0 aromatic heterocycles. The first-order chi connectivity index (χ1) is 7.04. The summed E-state index contributed by atoms with van der Waals surface area (Å²) in [4.78, 5) is 0. The average molecular weight is 339 g/mol. The summed E-state index contributed by atoms with van der Waals surface area (Å²) >= 11 is 8.29. The smallest absolute Gasteiger partial charge is 0.0473 e. The molecular weight excluding hydrogens is 322 g/mol. The lowest BCUT2D eigenvalue weighted by Crippen LogP contribution is -2.29. The Bertz CT molecular complexity index is 328. The van der Waals surface area contributed by atoms with Crippen LogP contribution in [-0.4, -0.2) is 0 Å². The highest BCUT2D eigenvalue weighted by Crippen LogP contribution is 2.27. The fourth-order valence-electron chi connectivity index (χ4n) is 1.54. The summed E-state index contributed by atoms with van der Waals surface area (Å²) in [6.07, 6.45) is 1.01. The number of hydrogen-bond acceptors (Lipinski definition) is 2. The number of hydrazine groups is 1. The van der Waals surface area contributed by atoms with Gasteiger partial charge in [0.15, 0.2) is 0 Å². The van der Waals surface area contributed by atoms with Crippen molar-refractivity contribution >= 4 is 34.2 Å². The third-order valence-electron chi connectivity index (χ3n) is 2.24. The molecule has 0 saturated heterocycles.